The van der Waals surface area contributed by atoms with Crippen LogP contribution in [0, 0.1) is 5.82 Å². The van der Waals surface area contributed by atoms with E-state index in [1.165, 1.54) is 12.1 Å². The van der Waals surface area contributed by atoms with Crippen LogP contribution in [0.1, 0.15) is 47.8 Å². The molecule has 1 fully saturated rings. The molecule has 0 spiro atoms. The summed E-state index contributed by atoms with van der Waals surface area (Å²) in [7, 11) is 0. The number of esters is 1. The number of anilines is 1. The number of amides is 1. The number of rotatable bonds is 9. The third kappa shape index (κ3) is 5.76. The smallest absolute Gasteiger partial charge is 0.359 e. The molecule has 1 aliphatic heterocycles. The Morgan fingerprint density at radius 3 is 2.76 bits per heavy atom. The Hall–Kier alpha value is -2.96. The maximum absolute atomic E-state index is 13.1. The highest BCUT2D eigenvalue weighted by atomic mass is 19.1. The van der Waals surface area contributed by atoms with Crippen LogP contribution in [0.2, 0.25) is 0 Å². The minimum atomic E-state index is -0.474. The van der Waals surface area contributed by atoms with Gasteiger partial charge in [-0.1, -0.05) is 12.1 Å². The van der Waals surface area contributed by atoms with Crippen molar-refractivity contribution in [1.29, 1.82) is 0 Å². The summed E-state index contributed by atoms with van der Waals surface area (Å²) >= 11 is 0. The Kier molecular flexibility index (Phi) is 7.16. The second-order valence-electron chi connectivity index (χ2n) is 7.03. The second kappa shape index (κ2) is 10.0. The van der Waals surface area contributed by atoms with Gasteiger partial charge in [-0.15, -0.1) is 0 Å². The van der Waals surface area contributed by atoms with E-state index in [-0.39, 0.29) is 24.0 Å². The van der Waals surface area contributed by atoms with Crippen molar-refractivity contribution in [2.75, 3.05) is 31.6 Å². The minimum Gasteiger partial charge on any atom is -0.461 e. The van der Waals surface area contributed by atoms with Gasteiger partial charge in [0.25, 0.3) is 0 Å². The molecule has 1 aromatic carbocycles. The van der Waals surface area contributed by atoms with E-state index in [4.69, 9.17) is 4.74 Å². The summed E-state index contributed by atoms with van der Waals surface area (Å²) in [5.74, 6) is -0.540. The fourth-order valence-corrected chi connectivity index (χ4v) is 3.37. The number of carbonyl (C=O) groups is 2. The average molecular weight is 399 g/mol. The Labute approximate surface area is 170 Å². The molecule has 0 unspecified atom stereocenters. The van der Waals surface area contributed by atoms with Gasteiger partial charge in [0.1, 0.15) is 5.82 Å². The summed E-state index contributed by atoms with van der Waals surface area (Å²) in [5.41, 5.74) is 2.71. The van der Waals surface area contributed by atoms with Gasteiger partial charge < -0.3 is 15.0 Å². The number of nitrogens with zero attached hydrogens (tertiary/aromatic N) is 2. The molecule has 0 bridgehead atoms. The van der Waals surface area contributed by atoms with Gasteiger partial charge in [0.2, 0.25) is 5.91 Å². The molecule has 1 amide bonds. The maximum atomic E-state index is 13.1. The largest absolute Gasteiger partial charge is 0.461 e. The average Bonchev–Trinajstić information content (AvgIpc) is 3.12. The number of ether oxygens (including phenoxy) is 1. The van der Waals surface area contributed by atoms with Gasteiger partial charge in [-0.3, -0.25) is 4.79 Å². The topological polar surface area (TPSA) is 71.5 Å². The molecule has 1 aliphatic rings. The number of carbonyl (C=O) groups excluding carboxylic acids is 2. The normalized spacial score (nSPS) is 13.6. The molecule has 1 aromatic heterocycles. The summed E-state index contributed by atoms with van der Waals surface area (Å²) in [4.78, 5) is 30.1. The van der Waals surface area contributed by atoms with Gasteiger partial charge in [-0.05, 0) is 55.5 Å². The molecule has 1 saturated heterocycles. The van der Waals surface area contributed by atoms with Crippen molar-refractivity contribution in [3.8, 4) is 0 Å². The number of hydrogen-bond donors (Lipinski definition) is 1. The molecule has 3 rings (SSSR count). The van der Waals surface area contributed by atoms with Gasteiger partial charge in [0.15, 0.2) is 5.69 Å². The van der Waals surface area contributed by atoms with Crippen molar-refractivity contribution in [1.82, 2.24) is 9.88 Å². The zero-order valence-corrected chi connectivity index (χ0v) is 16.6. The van der Waals surface area contributed by atoms with Crippen molar-refractivity contribution < 1.29 is 18.7 Å². The molecule has 0 radical (unpaired) electrons. The van der Waals surface area contributed by atoms with Crippen LogP contribution >= 0.6 is 0 Å². The first kappa shape index (κ1) is 20.8. The molecule has 29 heavy (non-hydrogen) atoms. The predicted molar refractivity (Wildman–Crippen MR) is 108 cm³/mol. The van der Waals surface area contributed by atoms with Crippen molar-refractivity contribution in [2.24, 2.45) is 0 Å². The third-order valence-electron chi connectivity index (χ3n) is 4.83. The Bertz CT molecular complexity index is 855. The van der Waals surface area contributed by atoms with E-state index in [2.05, 4.69) is 10.3 Å². The molecule has 6 nitrogen and oxygen atoms in total. The zero-order valence-electron chi connectivity index (χ0n) is 16.6. The number of pyridine rings is 1. The first-order valence-corrected chi connectivity index (χ1v) is 9.99. The van der Waals surface area contributed by atoms with E-state index in [0.717, 1.165) is 30.5 Å². The van der Waals surface area contributed by atoms with Crippen LogP contribution < -0.4 is 5.32 Å². The lowest BCUT2D eigenvalue weighted by molar-refractivity contribution is -0.127. The Morgan fingerprint density at radius 1 is 1.28 bits per heavy atom. The van der Waals surface area contributed by atoms with Gasteiger partial charge in [-0.25, -0.2) is 14.2 Å². The van der Waals surface area contributed by atoms with Crippen molar-refractivity contribution in [3.63, 3.8) is 0 Å². The molecule has 7 heteroatoms. The van der Waals surface area contributed by atoms with Crippen LogP contribution in [0.5, 0.6) is 0 Å². The lowest BCUT2D eigenvalue weighted by Gasteiger charge is -2.16. The molecule has 2 heterocycles. The molecule has 2 aromatic rings. The van der Waals surface area contributed by atoms with Gasteiger partial charge >= 0.3 is 5.97 Å². The second-order valence-corrected chi connectivity index (χ2v) is 7.03. The van der Waals surface area contributed by atoms with Gasteiger partial charge in [0.05, 0.1) is 12.3 Å². The standard InChI is InChI=1S/C22H26FN3O3/c1-2-29-22(28)21-19(24-10-4-12-26-11-3-5-20(26)27)14-17(15-25-21)13-16-6-8-18(23)9-7-16/h6-9,14-15,24H,2-5,10-13H2,1H3. The van der Waals surface area contributed by atoms with E-state index >= 15 is 0 Å². The van der Waals surface area contributed by atoms with Crippen LogP contribution in [0.4, 0.5) is 10.1 Å². The molecule has 0 atom stereocenters. The van der Waals surface area contributed by atoms with Crippen LogP contribution in [-0.2, 0) is 16.0 Å². The number of likely N-dealkylation sites (tertiary alicyclic amines) is 1. The fraction of sp³-hybridized carbons (Fsp3) is 0.409. The van der Waals surface area contributed by atoms with Gasteiger partial charge in [0, 0.05) is 32.3 Å². The number of halogens is 1. The fourth-order valence-electron chi connectivity index (χ4n) is 3.37. The number of aromatic nitrogens is 1. The molecular weight excluding hydrogens is 373 g/mol. The highest BCUT2D eigenvalue weighted by Crippen LogP contribution is 2.19. The Balaban J connectivity index is 1.67. The quantitative estimate of drug-likeness (QED) is 0.517. The monoisotopic (exact) mass is 399 g/mol. The van der Waals surface area contributed by atoms with Crippen molar-refractivity contribution >= 4 is 17.6 Å². The molecule has 1 N–H and O–H groups in total. The van der Waals surface area contributed by atoms with Gasteiger partial charge in [-0.2, -0.15) is 0 Å². The summed E-state index contributed by atoms with van der Waals surface area (Å²) in [6.45, 7) is 4.15. The number of hydrogen-bond acceptors (Lipinski definition) is 5. The summed E-state index contributed by atoms with van der Waals surface area (Å²) in [5, 5.41) is 3.27. The lowest BCUT2D eigenvalue weighted by Crippen LogP contribution is -2.27. The van der Waals surface area contributed by atoms with Crippen LogP contribution in [0.15, 0.2) is 36.5 Å². The third-order valence-corrected chi connectivity index (χ3v) is 4.83. The molecule has 0 saturated carbocycles. The van der Waals surface area contributed by atoms with Crippen molar-refractivity contribution in [2.45, 2.75) is 32.6 Å². The highest BCUT2D eigenvalue weighted by molar-refractivity contribution is 5.93. The van der Waals surface area contributed by atoms with E-state index in [0.29, 0.717) is 31.6 Å². The molecular formula is C22H26FN3O3. The van der Waals surface area contributed by atoms with E-state index in [1.807, 2.05) is 11.0 Å². The summed E-state index contributed by atoms with van der Waals surface area (Å²) < 4.78 is 18.2. The summed E-state index contributed by atoms with van der Waals surface area (Å²) in [6.07, 6.45) is 4.55. The maximum Gasteiger partial charge on any atom is 0.359 e. The molecule has 154 valence electrons. The molecule has 0 aliphatic carbocycles. The highest BCUT2D eigenvalue weighted by Gasteiger charge is 2.19. The first-order chi connectivity index (χ1) is 14.1. The Morgan fingerprint density at radius 2 is 2.07 bits per heavy atom. The van der Waals surface area contributed by atoms with E-state index in [9.17, 15) is 14.0 Å². The SMILES string of the molecule is CCOC(=O)c1ncc(Cc2ccc(F)cc2)cc1NCCCN1CCCC1=O. The minimum absolute atomic E-state index is 0.208. The van der Waals surface area contributed by atoms with Crippen molar-refractivity contribution in [3.05, 3.63) is 59.2 Å². The van der Waals surface area contributed by atoms with Crippen LogP contribution in [0.25, 0.3) is 0 Å². The first-order valence-electron chi connectivity index (χ1n) is 9.99. The van der Waals surface area contributed by atoms with E-state index in [1.54, 1.807) is 25.3 Å². The zero-order chi connectivity index (χ0) is 20.6. The van der Waals surface area contributed by atoms with E-state index < -0.39 is 5.97 Å². The predicted octanol–water partition coefficient (Wildman–Crippen LogP) is 3.41. The number of benzene rings is 1. The van der Waals surface area contributed by atoms with Crippen LogP contribution in [0.3, 0.4) is 0 Å². The number of nitrogens with one attached hydrogen (secondary N) is 1. The van der Waals surface area contributed by atoms with Crippen LogP contribution in [-0.4, -0.2) is 48.0 Å². The summed E-state index contributed by atoms with van der Waals surface area (Å²) in [6, 6.07) is 8.19. The lowest BCUT2D eigenvalue weighted by atomic mass is 10.1.